The van der Waals surface area contributed by atoms with Crippen molar-refractivity contribution in [2.45, 2.75) is 51.6 Å². The molecule has 0 saturated carbocycles. The van der Waals surface area contributed by atoms with Gasteiger partial charge in [-0.2, -0.15) is 26.3 Å². The third-order valence-corrected chi connectivity index (χ3v) is 6.84. The number of benzene rings is 1. The van der Waals surface area contributed by atoms with Crippen molar-refractivity contribution >= 4 is 11.6 Å². The molecule has 1 aliphatic heterocycles. The third-order valence-electron chi connectivity index (χ3n) is 6.84. The first-order valence-electron chi connectivity index (χ1n) is 12.5. The maximum Gasteiger partial charge on any atom is 0.419 e. The molecular formula is C29H26F7N3O. The Morgan fingerprint density at radius 1 is 1.05 bits per heavy atom. The number of rotatable bonds is 6. The Morgan fingerprint density at radius 3 is 2.38 bits per heavy atom. The van der Waals surface area contributed by atoms with Crippen LogP contribution in [0.1, 0.15) is 55.6 Å². The van der Waals surface area contributed by atoms with Gasteiger partial charge in [-0.05, 0) is 55.2 Å². The van der Waals surface area contributed by atoms with Crippen LogP contribution >= 0.6 is 0 Å². The molecule has 1 aliphatic carbocycles. The van der Waals surface area contributed by atoms with Gasteiger partial charge in [-0.25, -0.2) is 4.39 Å². The Hall–Kier alpha value is -3.76. The molecule has 4 nitrogen and oxygen atoms in total. The summed E-state index contributed by atoms with van der Waals surface area (Å²) in [5.74, 6) is -2.28. The minimum absolute atomic E-state index is 0.192. The molecule has 40 heavy (non-hydrogen) atoms. The molecule has 11 heteroatoms. The van der Waals surface area contributed by atoms with E-state index in [1.54, 1.807) is 31.2 Å². The fourth-order valence-electron chi connectivity index (χ4n) is 4.87. The number of carbonyl (C=O) groups excluding carboxylic acids is 1. The van der Waals surface area contributed by atoms with Crippen molar-refractivity contribution in [3.05, 3.63) is 101 Å². The van der Waals surface area contributed by atoms with E-state index in [-0.39, 0.29) is 17.1 Å². The van der Waals surface area contributed by atoms with Crippen molar-refractivity contribution < 1.29 is 35.5 Å². The second-order valence-corrected chi connectivity index (χ2v) is 10.3. The number of nitrogens with one attached hydrogen (secondary N) is 1. The number of halogens is 7. The molecule has 0 radical (unpaired) electrons. The molecule has 212 valence electrons. The normalized spacial score (nSPS) is 21.5. The first kappa shape index (κ1) is 29.2. The fraction of sp³-hybridized carbons (Fsp3) is 0.345. The van der Waals surface area contributed by atoms with Gasteiger partial charge in [-0.15, -0.1) is 0 Å². The van der Waals surface area contributed by atoms with Crippen LogP contribution in [0.5, 0.6) is 0 Å². The summed E-state index contributed by atoms with van der Waals surface area (Å²) in [5.41, 5.74) is -3.96. The third kappa shape index (κ3) is 5.88. The highest BCUT2D eigenvalue weighted by atomic mass is 19.4. The van der Waals surface area contributed by atoms with Crippen LogP contribution in [-0.2, 0) is 17.1 Å². The molecule has 1 N–H and O–H groups in total. The quantitative estimate of drug-likeness (QED) is 0.372. The van der Waals surface area contributed by atoms with Gasteiger partial charge in [0.1, 0.15) is 5.82 Å². The number of pyridine rings is 1. The van der Waals surface area contributed by atoms with Crippen molar-refractivity contribution in [3.63, 3.8) is 0 Å². The second kappa shape index (κ2) is 10.7. The van der Waals surface area contributed by atoms with Crippen molar-refractivity contribution in [1.29, 1.82) is 0 Å². The van der Waals surface area contributed by atoms with E-state index in [1.807, 2.05) is 19.9 Å². The number of nitrogens with zero attached hydrogens (tertiary/aromatic N) is 2. The number of allylic oxidation sites excluding steroid dienone is 3. The summed E-state index contributed by atoms with van der Waals surface area (Å²) in [6.45, 7) is 5.69. The van der Waals surface area contributed by atoms with E-state index in [0.29, 0.717) is 24.3 Å². The predicted octanol–water partition coefficient (Wildman–Crippen LogP) is 7.39. The number of amides is 1. The van der Waals surface area contributed by atoms with E-state index in [4.69, 9.17) is 4.99 Å². The molecule has 1 amide bonds. The number of aromatic nitrogens is 1. The molecule has 1 aromatic heterocycles. The Bertz CT molecular complexity index is 1420. The molecule has 0 saturated heterocycles. The first-order chi connectivity index (χ1) is 18.6. The SMILES string of the molecule is CC(C)CC1=NC2C=CC=CC2(C)C(C(=O)N[C@@H](c2ccc(C(F)(F)F)c(F)c2)c2ncccc2C(F)(F)F)=C1. The molecule has 0 fully saturated rings. The summed E-state index contributed by atoms with van der Waals surface area (Å²) in [6, 6.07) is 1.33. The highest BCUT2D eigenvalue weighted by Crippen LogP contribution is 2.42. The van der Waals surface area contributed by atoms with Gasteiger partial charge < -0.3 is 5.32 Å². The lowest BCUT2D eigenvalue weighted by molar-refractivity contribution is -0.140. The fourth-order valence-corrected chi connectivity index (χ4v) is 4.87. The predicted molar refractivity (Wildman–Crippen MR) is 136 cm³/mol. The minimum atomic E-state index is -5.02. The monoisotopic (exact) mass is 565 g/mol. The van der Waals surface area contributed by atoms with Crippen LogP contribution in [0.2, 0.25) is 0 Å². The minimum Gasteiger partial charge on any atom is -0.340 e. The van der Waals surface area contributed by atoms with E-state index in [2.05, 4.69) is 10.3 Å². The summed E-state index contributed by atoms with van der Waals surface area (Å²) in [6.07, 6.45) is 0.320. The molecular weight excluding hydrogens is 539 g/mol. The van der Waals surface area contributed by atoms with Crippen molar-refractivity contribution in [3.8, 4) is 0 Å². The summed E-state index contributed by atoms with van der Waals surface area (Å²) in [5, 5.41) is 2.52. The zero-order valence-corrected chi connectivity index (χ0v) is 21.7. The standard InChI is InChI=1S/C29H26F7N3O/c1-16(2)13-18-15-21(27(3)11-5-4-8-23(27)38-18)26(40)39-24(25-20(29(34,35)36)7-6-12-37-25)17-9-10-19(22(30)14-17)28(31,32)33/h4-12,14-16,23-24H,13H2,1-3H3,(H,39,40)/t23?,24-,27?/m0/s1. The summed E-state index contributed by atoms with van der Waals surface area (Å²) in [4.78, 5) is 22.4. The molecule has 0 bridgehead atoms. The zero-order valence-electron chi connectivity index (χ0n) is 21.7. The van der Waals surface area contributed by atoms with Gasteiger partial charge >= 0.3 is 12.4 Å². The van der Waals surface area contributed by atoms with E-state index < -0.39 is 58.4 Å². The summed E-state index contributed by atoms with van der Waals surface area (Å²) in [7, 11) is 0. The van der Waals surface area contributed by atoms with Gasteiger partial charge in [0.2, 0.25) is 5.91 Å². The van der Waals surface area contributed by atoms with Gasteiger partial charge in [-0.1, -0.05) is 44.2 Å². The average Bonchev–Trinajstić information content (AvgIpc) is 2.85. The van der Waals surface area contributed by atoms with Gasteiger partial charge in [-0.3, -0.25) is 14.8 Å². The highest BCUT2D eigenvalue weighted by Gasteiger charge is 2.43. The lowest BCUT2D eigenvalue weighted by Crippen LogP contribution is -2.43. The molecule has 4 rings (SSSR count). The topological polar surface area (TPSA) is 54.4 Å². The van der Waals surface area contributed by atoms with E-state index in [0.717, 1.165) is 24.4 Å². The van der Waals surface area contributed by atoms with Gasteiger partial charge in [0.05, 0.1) is 28.9 Å². The van der Waals surface area contributed by atoms with E-state index in [1.165, 1.54) is 0 Å². The van der Waals surface area contributed by atoms with Crippen molar-refractivity contribution in [1.82, 2.24) is 10.3 Å². The number of alkyl halides is 6. The van der Waals surface area contributed by atoms with Gasteiger partial charge in [0.25, 0.3) is 0 Å². The lowest BCUT2D eigenvalue weighted by Gasteiger charge is -2.38. The van der Waals surface area contributed by atoms with Crippen molar-refractivity contribution in [2.24, 2.45) is 16.3 Å². The molecule has 0 spiro atoms. The molecule has 2 heterocycles. The molecule has 3 atom stereocenters. The van der Waals surface area contributed by atoms with E-state index in [9.17, 15) is 35.5 Å². The van der Waals surface area contributed by atoms with Crippen LogP contribution in [0.15, 0.2) is 77.5 Å². The Kier molecular flexibility index (Phi) is 7.79. The van der Waals surface area contributed by atoms with Crippen LogP contribution < -0.4 is 5.32 Å². The number of hydrogen-bond acceptors (Lipinski definition) is 3. The van der Waals surface area contributed by atoms with Gasteiger partial charge in [0.15, 0.2) is 0 Å². The first-order valence-corrected chi connectivity index (χ1v) is 12.5. The van der Waals surface area contributed by atoms with Crippen LogP contribution in [0.3, 0.4) is 0 Å². The molecule has 2 unspecified atom stereocenters. The Morgan fingerprint density at radius 2 is 1.75 bits per heavy atom. The Balaban J connectivity index is 1.83. The van der Waals surface area contributed by atoms with Gasteiger partial charge in [0, 0.05) is 22.9 Å². The van der Waals surface area contributed by atoms with Crippen LogP contribution in [0.4, 0.5) is 30.7 Å². The Labute approximate surface area is 226 Å². The molecule has 2 aromatic rings. The maximum atomic E-state index is 14.6. The number of carbonyl (C=O) groups is 1. The summed E-state index contributed by atoms with van der Waals surface area (Å²) < 4.78 is 96.1. The average molecular weight is 566 g/mol. The van der Waals surface area contributed by atoms with E-state index >= 15 is 0 Å². The number of hydrogen-bond donors (Lipinski definition) is 1. The molecule has 2 aliphatic rings. The smallest absolute Gasteiger partial charge is 0.340 e. The number of fused-ring (bicyclic) bond motifs is 1. The second-order valence-electron chi connectivity index (χ2n) is 10.3. The lowest BCUT2D eigenvalue weighted by atomic mass is 9.70. The van der Waals surface area contributed by atoms with Crippen LogP contribution in [0, 0.1) is 17.2 Å². The number of aliphatic imine (C=N–C) groups is 1. The summed E-state index contributed by atoms with van der Waals surface area (Å²) >= 11 is 0. The zero-order chi connectivity index (χ0) is 29.5. The van der Waals surface area contributed by atoms with Crippen LogP contribution in [0.25, 0.3) is 0 Å². The highest BCUT2D eigenvalue weighted by molar-refractivity contribution is 6.07. The maximum absolute atomic E-state index is 14.6. The number of dihydropyridines is 1. The molecule has 1 aromatic carbocycles. The van der Waals surface area contributed by atoms with Crippen LogP contribution in [-0.4, -0.2) is 22.6 Å². The largest absolute Gasteiger partial charge is 0.419 e. The van der Waals surface area contributed by atoms with Crippen molar-refractivity contribution in [2.75, 3.05) is 0 Å².